The Kier molecular flexibility index (Phi) is 3.23. The molecule has 1 unspecified atom stereocenters. The Morgan fingerprint density at radius 2 is 2.12 bits per heavy atom. The standard InChI is InChI=1S/C11H10ClFO3S/c12-10-2-1-8(13)5-9(10)11(14)7-3-4-17(15,16)6-7/h1-2,5,7H,3-4,6H2. The summed E-state index contributed by atoms with van der Waals surface area (Å²) in [7, 11) is -3.13. The first kappa shape index (κ1) is 12.5. The molecule has 1 atom stereocenters. The van der Waals surface area contributed by atoms with Crippen molar-refractivity contribution in [1.29, 1.82) is 0 Å². The van der Waals surface area contributed by atoms with Crippen LogP contribution in [0.25, 0.3) is 0 Å². The van der Waals surface area contributed by atoms with Gasteiger partial charge in [0.2, 0.25) is 0 Å². The SMILES string of the molecule is O=C(c1cc(F)ccc1Cl)C1CCS(=O)(=O)C1. The summed E-state index contributed by atoms with van der Waals surface area (Å²) in [5.74, 6) is -1.71. The topological polar surface area (TPSA) is 51.2 Å². The van der Waals surface area contributed by atoms with E-state index in [2.05, 4.69) is 0 Å². The van der Waals surface area contributed by atoms with Gasteiger partial charge in [-0.2, -0.15) is 0 Å². The molecule has 17 heavy (non-hydrogen) atoms. The van der Waals surface area contributed by atoms with Crippen molar-refractivity contribution in [2.24, 2.45) is 5.92 Å². The second-order valence-corrected chi connectivity index (χ2v) is 6.72. The average Bonchev–Trinajstić information content (AvgIpc) is 2.61. The van der Waals surface area contributed by atoms with Crippen molar-refractivity contribution < 1.29 is 17.6 Å². The van der Waals surface area contributed by atoms with Gasteiger partial charge in [0, 0.05) is 11.5 Å². The molecule has 0 N–H and O–H groups in total. The molecule has 6 heteroatoms. The molecule has 0 aliphatic carbocycles. The minimum atomic E-state index is -3.13. The van der Waals surface area contributed by atoms with Gasteiger partial charge in [-0.15, -0.1) is 0 Å². The Labute approximate surface area is 104 Å². The largest absolute Gasteiger partial charge is 0.294 e. The van der Waals surface area contributed by atoms with Crippen LogP contribution in [0.2, 0.25) is 5.02 Å². The van der Waals surface area contributed by atoms with Gasteiger partial charge in [0.05, 0.1) is 16.5 Å². The first-order valence-electron chi connectivity index (χ1n) is 5.09. The van der Waals surface area contributed by atoms with Gasteiger partial charge in [-0.1, -0.05) is 11.6 Å². The quantitative estimate of drug-likeness (QED) is 0.777. The number of hydrogen-bond donors (Lipinski definition) is 0. The molecule has 2 rings (SSSR count). The van der Waals surface area contributed by atoms with Gasteiger partial charge >= 0.3 is 0 Å². The molecule has 0 bridgehead atoms. The Bertz CT molecular complexity index is 568. The van der Waals surface area contributed by atoms with E-state index in [4.69, 9.17) is 11.6 Å². The number of carbonyl (C=O) groups excluding carboxylic acids is 1. The highest BCUT2D eigenvalue weighted by Crippen LogP contribution is 2.26. The highest BCUT2D eigenvalue weighted by Gasteiger charge is 2.34. The van der Waals surface area contributed by atoms with Crippen molar-refractivity contribution in [1.82, 2.24) is 0 Å². The number of carbonyl (C=O) groups is 1. The van der Waals surface area contributed by atoms with Gasteiger partial charge in [-0.3, -0.25) is 4.79 Å². The minimum absolute atomic E-state index is 0.0103. The second-order valence-electron chi connectivity index (χ2n) is 4.09. The van der Waals surface area contributed by atoms with Crippen LogP contribution in [0.3, 0.4) is 0 Å². The fraction of sp³-hybridized carbons (Fsp3) is 0.364. The van der Waals surface area contributed by atoms with Crippen LogP contribution in [0, 0.1) is 11.7 Å². The summed E-state index contributed by atoms with van der Waals surface area (Å²) in [5.41, 5.74) is 0.0637. The van der Waals surface area contributed by atoms with Crippen LogP contribution < -0.4 is 0 Å². The third-order valence-electron chi connectivity index (χ3n) is 2.80. The van der Waals surface area contributed by atoms with Crippen LogP contribution in [-0.2, 0) is 9.84 Å². The lowest BCUT2D eigenvalue weighted by molar-refractivity contribution is 0.0933. The maximum atomic E-state index is 13.0. The number of benzene rings is 1. The molecule has 92 valence electrons. The monoisotopic (exact) mass is 276 g/mol. The van der Waals surface area contributed by atoms with Gasteiger partial charge in [-0.25, -0.2) is 12.8 Å². The van der Waals surface area contributed by atoms with Gasteiger partial charge in [-0.05, 0) is 24.6 Å². The van der Waals surface area contributed by atoms with Crippen molar-refractivity contribution >= 4 is 27.2 Å². The fourth-order valence-electron chi connectivity index (χ4n) is 1.91. The van der Waals surface area contributed by atoms with Gasteiger partial charge < -0.3 is 0 Å². The number of rotatable bonds is 2. The summed E-state index contributed by atoms with van der Waals surface area (Å²) >= 11 is 5.80. The summed E-state index contributed by atoms with van der Waals surface area (Å²) in [6.07, 6.45) is 0.286. The molecular formula is C11H10ClFO3S. The lowest BCUT2D eigenvalue weighted by Gasteiger charge is -2.08. The number of halogens is 2. The Balaban J connectivity index is 2.29. The van der Waals surface area contributed by atoms with Gasteiger partial charge in [0.25, 0.3) is 0 Å². The summed E-state index contributed by atoms with van der Waals surface area (Å²) in [4.78, 5) is 12.0. The number of sulfone groups is 1. The van der Waals surface area contributed by atoms with Crippen LogP contribution in [0.15, 0.2) is 18.2 Å². The summed E-state index contributed by atoms with van der Waals surface area (Å²) in [5, 5.41) is 0.153. The zero-order valence-electron chi connectivity index (χ0n) is 8.82. The van der Waals surface area contributed by atoms with Gasteiger partial charge in [0.15, 0.2) is 15.6 Å². The van der Waals surface area contributed by atoms with Crippen LogP contribution in [0.4, 0.5) is 4.39 Å². The Morgan fingerprint density at radius 1 is 1.41 bits per heavy atom. The molecule has 1 saturated heterocycles. The maximum absolute atomic E-state index is 13.0. The average molecular weight is 277 g/mol. The lowest BCUT2D eigenvalue weighted by Crippen LogP contribution is -2.16. The highest BCUT2D eigenvalue weighted by atomic mass is 35.5. The minimum Gasteiger partial charge on any atom is -0.294 e. The van der Waals surface area contributed by atoms with Crippen LogP contribution in [0.1, 0.15) is 16.8 Å². The molecule has 1 aliphatic rings. The van der Waals surface area contributed by atoms with Crippen molar-refractivity contribution in [2.45, 2.75) is 6.42 Å². The molecule has 1 heterocycles. The zero-order valence-corrected chi connectivity index (χ0v) is 10.4. The van der Waals surface area contributed by atoms with E-state index in [0.717, 1.165) is 12.1 Å². The zero-order chi connectivity index (χ0) is 12.6. The highest BCUT2D eigenvalue weighted by molar-refractivity contribution is 7.91. The molecule has 1 aromatic rings. The van der Waals surface area contributed by atoms with E-state index in [-0.39, 0.29) is 28.5 Å². The maximum Gasteiger partial charge on any atom is 0.168 e. The summed E-state index contributed by atoms with van der Waals surface area (Å²) in [6, 6.07) is 3.51. The predicted octanol–water partition coefficient (Wildman–Crippen LogP) is 2.10. The van der Waals surface area contributed by atoms with Gasteiger partial charge in [0.1, 0.15) is 5.82 Å². The number of ketones is 1. The molecular weight excluding hydrogens is 267 g/mol. The van der Waals surface area contributed by atoms with E-state index < -0.39 is 27.4 Å². The molecule has 1 aliphatic heterocycles. The molecule has 0 radical (unpaired) electrons. The smallest absolute Gasteiger partial charge is 0.168 e. The van der Waals surface area contributed by atoms with E-state index >= 15 is 0 Å². The van der Waals surface area contributed by atoms with Crippen molar-refractivity contribution in [3.05, 3.63) is 34.6 Å². The summed E-state index contributed by atoms with van der Waals surface area (Å²) < 4.78 is 35.6. The van der Waals surface area contributed by atoms with Crippen LogP contribution in [0.5, 0.6) is 0 Å². The molecule has 0 saturated carbocycles. The lowest BCUT2D eigenvalue weighted by atomic mass is 9.97. The van der Waals surface area contributed by atoms with Crippen LogP contribution >= 0.6 is 11.6 Å². The molecule has 3 nitrogen and oxygen atoms in total. The van der Waals surface area contributed by atoms with E-state index in [1.807, 2.05) is 0 Å². The van der Waals surface area contributed by atoms with E-state index in [0.29, 0.717) is 0 Å². The molecule has 0 spiro atoms. The van der Waals surface area contributed by atoms with Crippen molar-refractivity contribution in [2.75, 3.05) is 11.5 Å². The Morgan fingerprint density at radius 3 is 2.71 bits per heavy atom. The summed E-state index contributed by atoms with van der Waals surface area (Å²) in [6.45, 7) is 0. The van der Waals surface area contributed by atoms with E-state index in [1.165, 1.54) is 6.07 Å². The first-order valence-corrected chi connectivity index (χ1v) is 7.29. The predicted molar refractivity (Wildman–Crippen MR) is 62.5 cm³/mol. The van der Waals surface area contributed by atoms with E-state index in [9.17, 15) is 17.6 Å². The molecule has 0 amide bonds. The first-order chi connectivity index (χ1) is 7.89. The molecule has 0 aromatic heterocycles. The Hall–Kier alpha value is -0.940. The third-order valence-corrected chi connectivity index (χ3v) is 4.89. The van der Waals surface area contributed by atoms with Crippen molar-refractivity contribution in [3.63, 3.8) is 0 Å². The number of Topliss-reactive ketones (excluding diaryl/α,β-unsaturated/α-hetero) is 1. The number of hydrogen-bond acceptors (Lipinski definition) is 3. The normalized spacial score (nSPS) is 22.6. The van der Waals surface area contributed by atoms with Crippen molar-refractivity contribution in [3.8, 4) is 0 Å². The molecule has 1 aromatic carbocycles. The third kappa shape index (κ3) is 2.66. The van der Waals surface area contributed by atoms with E-state index in [1.54, 1.807) is 0 Å². The molecule has 1 fully saturated rings. The fourth-order valence-corrected chi connectivity index (χ4v) is 3.86. The van der Waals surface area contributed by atoms with Crippen LogP contribution in [-0.4, -0.2) is 25.7 Å². The second kappa shape index (κ2) is 4.38.